The Balaban J connectivity index is 1.63. The van der Waals surface area contributed by atoms with Gasteiger partial charge < -0.3 is 13.6 Å². The van der Waals surface area contributed by atoms with E-state index in [0.29, 0.717) is 53.3 Å². The van der Waals surface area contributed by atoms with Crippen molar-refractivity contribution in [2.45, 2.75) is 19.8 Å². The zero-order valence-electron chi connectivity index (χ0n) is 14.7. The Morgan fingerprint density at radius 2 is 2.04 bits per heavy atom. The molecule has 0 spiro atoms. The van der Waals surface area contributed by atoms with Crippen LogP contribution in [0.25, 0.3) is 11.5 Å². The van der Waals surface area contributed by atoms with Crippen molar-refractivity contribution in [3.05, 3.63) is 46.9 Å². The highest BCUT2D eigenvalue weighted by Crippen LogP contribution is 2.35. The first-order valence-electron chi connectivity index (χ1n) is 8.66. The summed E-state index contributed by atoms with van der Waals surface area (Å²) in [5, 5.41) is 3.04. The molecule has 8 heteroatoms. The Labute approximate surface area is 159 Å². The van der Waals surface area contributed by atoms with Crippen LogP contribution in [0.1, 0.15) is 38.8 Å². The highest BCUT2D eigenvalue weighted by Gasteiger charge is 2.29. The minimum atomic E-state index is -0.409. The molecule has 27 heavy (non-hydrogen) atoms. The molecule has 0 bridgehead atoms. The second kappa shape index (κ2) is 7.50. The summed E-state index contributed by atoms with van der Waals surface area (Å²) in [5.74, 6) is 0.829. The van der Waals surface area contributed by atoms with Crippen LogP contribution < -0.4 is 5.32 Å². The zero-order chi connectivity index (χ0) is 18.8. The van der Waals surface area contributed by atoms with Gasteiger partial charge in [0.15, 0.2) is 22.4 Å². The van der Waals surface area contributed by atoms with Crippen LogP contribution in [0, 0.1) is 12.8 Å². The van der Waals surface area contributed by atoms with Gasteiger partial charge in [-0.15, -0.1) is 0 Å². The second-order valence-electron chi connectivity index (χ2n) is 6.29. The molecular formula is C19H18N2O5S. The van der Waals surface area contributed by atoms with Gasteiger partial charge >= 0.3 is 0 Å². The van der Waals surface area contributed by atoms with Gasteiger partial charge in [0.1, 0.15) is 16.3 Å². The van der Waals surface area contributed by atoms with Crippen molar-refractivity contribution in [2.24, 2.45) is 5.92 Å². The molecule has 3 aromatic rings. The van der Waals surface area contributed by atoms with Gasteiger partial charge in [-0.25, -0.2) is 4.98 Å². The zero-order valence-corrected chi connectivity index (χ0v) is 15.5. The lowest BCUT2D eigenvalue weighted by atomic mass is 9.94. The topological polar surface area (TPSA) is 94.6 Å². The second-order valence-corrected chi connectivity index (χ2v) is 7.29. The SMILES string of the molecule is Cc1ccc(C(=O)Nc2nc(-c3ccco3)c(C(=O)C3CCOCC3)s2)o1. The van der Waals surface area contributed by atoms with Crippen molar-refractivity contribution in [1.82, 2.24) is 4.98 Å². The van der Waals surface area contributed by atoms with Crippen molar-refractivity contribution < 1.29 is 23.2 Å². The Morgan fingerprint density at radius 3 is 2.70 bits per heavy atom. The van der Waals surface area contributed by atoms with E-state index >= 15 is 0 Å². The smallest absolute Gasteiger partial charge is 0.293 e. The van der Waals surface area contributed by atoms with Crippen LogP contribution in [0.2, 0.25) is 0 Å². The van der Waals surface area contributed by atoms with Gasteiger partial charge in [0, 0.05) is 19.1 Å². The summed E-state index contributed by atoms with van der Waals surface area (Å²) in [5.41, 5.74) is 0.451. The van der Waals surface area contributed by atoms with Crippen LogP contribution in [-0.2, 0) is 4.74 Å². The van der Waals surface area contributed by atoms with Gasteiger partial charge in [-0.3, -0.25) is 14.9 Å². The molecule has 3 aromatic heterocycles. The third-order valence-corrected chi connectivity index (χ3v) is 5.37. The quantitative estimate of drug-likeness (QED) is 0.662. The van der Waals surface area contributed by atoms with Gasteiger partial charge in [-0.2, -0.15) is 0 Å². The van der Waals surface area contributed by atoms with Crippen molar-refractivity contribution in [3.8, 4) is 11.5 Å². The number of Topliss-reactive ketones (excluding diaryl/α,β-unsaturated/α-hetero) is 1. The number of ketones is 1. The number of carbonyl (C=O) groups is 2. The Kier molecular flexibility index (Phi) is 4.91. The molecule has 0 atom stereocenters. The molecule has 7 nitrogen and oxygen atoms in total. The van der Waals surface area contributed by atoms with E-state index in [0.717, 1.165) is 11.3 Å². The van der Waals surface area contributed by atoms with Crippen molar-refractivity contribution in [2.75, 3.05) is 18.5 Å². The van der Waals surface area contributed by atoms with Gasteiger partial charge in [-0.1, -0.05) is 11.3 Å². The number of carbonyl (C=O) groups excluding carboxylic acids is 2. The normalized spacial score (nSPS) is 15.0. The number of aryl methyl sites for hydroxylation is 1. The molecule has 0 saturated carbocycles. The maximum absolute atomic E-state index is 13.0. The number of hydrogen-bond donors (Lipinski definition) is 1. The van der Waals surface area contributed by atoms with Crippen LogP contribution in [0.3, 0.4) is 0 Å². The fraction of sp³-hybridized carbons (Fsp3) is 0.316. The number of furan rings is 2. The predicted molar refractivity (Wildman–Crippen MR) is 99.1 cm³/mol. The Morgan fingerprint density at radius 1 is 1.22 bits per heavy atom. The maximum atomic E-state index is 13.0. The third-order valence-electron chi connectivity index (χ3n) is 4.38. The first-order chi connectivity index (χ1) is 13.1. The molecule has 1 amide bonds. The maximum Gasteiger partial charge on any atom is 0.293 e. The lowest BCUT2D eigenvalue weighted by molar-refractivity contribution is 0.0547. The van der Waals surface area contributed by atoms with Gasteiger partial charge in [-0.05, 0) is 44.0 Å². The predicted octanol–water partition coefficient (Wildman–Crippen LogP) is 4.17. The summed E-state index contributed by atoms with van der Waals surface area (Å²) >= 11 is 1.15. The number of ether oxygens (including phenoxy) is 1. The van der Waals surface area contributed by atoms with Gasteiger partial charge in [0.2, 0.25) is 0 Å². The molecule has 4 rings (SSSR count). The summed E-state index contributed by atoms with van der Waals surface area (Å²) in [6.45, 7) is 2.92. The number of anilines is 1. The highest BCUT2D eigenvalue weighted by molar-refractivity contribution is 7.18. The Bertz CT molecular complexity index is 951. The lowest BCUT2D eigenvalue weighted by Crippen LogP contribution is -2.23. The lowest BCUT2D eigenvalue weighted by Gasteiger charge is -2.20. The molecule has 4 heterocycles. The molecule has 1 fully saturated rings. The van der Waals surface area contributed by atoms with E-state index < -0.39 is 5.91 Å². The number of nitrogens with zero attached hydrogens (tertiary/aromatic N) is 1. The fourth-order valence-electron chi connectivity index (χ4n) is 2.98. The largest absolute Gasteiger partial charge is 0.463 e. The van der Waals surface area contributed by atoms with Crippen LogP contribution in [-0.4, -0.2) is 29.9 Å². The molecule has 1 N–H and O–H groups in total. The van der Waals surface area contributed by atoms with E-state index in [-0.39, 0.29) is 17.5 Å². The van der Waals surface area contributed by atoms with E-state index in [2.05, 4.69) is 10.3 Å². The van der Waals surface area contributed by atoms with E-state index in [9.17, 15) is 9.59 Å². The minimum absolute atomic E-state index is 0.0107. The summed E-state index contributed by atoms with van der Waals surface area (Å²) in [7, 11) is 0. The monoisotopic (exact) mass is 386 g/mol. The summed E-state index contributed by atoms with van der Waals surface area (Å²) in [6, 6.07) is 6.80. The van der Waals surface area contributed by atoms with E-state index in [1.165, 1.54) is 6.26 Å². The number of rotatable bonds is 5. The van der Waals surface area contributed by atoms with Crippen molar-refractivity contribution >= 4 is 28.2 Å². The first kappa shape index (κ1) is 17.7. The fourth-order valence-corrected chi connectivity index (χ4v) is 3.97. The molecule has 0 unspecified atom stereocenters. The van der Waals surface area contributed by atoms with Crippen LogP contribution >= 0.6 is 11.3 Å². The number of aromatic nitrogens is 1. The molecule has 0 aliphatic carbocycles. The Hall–Kier alpha value is -2.71. The summed E-state index contributed by atoms with van der Waals surface area (Å²) < 4.78 is 16.1. The molecule has 1 saturated heterocycles. The van der Waals surface area contributed by atoms with E-state index in [4.69, 9.17) is 13.6 Å². The van der Waals surface area contributed by atoms with E-state index in [1.54, 1.807) is 31.2 Å². The van der Waals surface area contributed by atoms with Crippen LogP contribution in [0.5, 0.6) is 0 Å². The number of nitrogens with one attached hydrogen (secondary N) is 1. The number of amides is 1. The molecular weight excluding hydrogens is 368 g/mol. The average molecular weight is 386 g/mol. The van der Waals surface area contributed by atoms with Gasteiger partial charge in [0.05, 0.1) is 6.26 Å². The van der Waals surface area contributed by atoms with Crippen LogP contribution in [0.15, 0.2) is 39.4 Å². The third kappa shape index (κ3) is 3.72. The minimum Gasteiger partial charge on any atom is -0.463 e. The summed E-state index contributed by atoms with van der Waals surface area (Å²) in [6.07, 6.45) is 2.89. The standard InChI is InChI=1S/C19H18N2O5S/c1-11-4-5-14(26-11)18(23)21-19-20-15(13-3-2-8-25-13)17(27-19)16(22)12-6-9-24-10-7-12/h2-5,8,12H,6-7,9-10H2,1H3,(H,20,21,23). The molecule has 0 radical (unpaired) electrons. The molecule has 1 aliphatic rings. The molecule has 0 aromatic carbocycles. The average Bonchev–Trinajstić information content (AvgIpc) is 3.42. The van der Waals surface area contributed by atoms with Gasteiger partial charge in [0.25, 0.3) is 5.91 Å². The molecule has 1 aliphatic heterocycles. The number of hydrogen-bond acceptors (Lipinski definition) is 7. The highest BCUT2D eigenvalue weighted by atomic mass is 32.1. The van der Waals surface area contributed by atoms with Crippen molar-refractivity contribution in [1.29, 1.82) is 0 Å². The molecule has 140 valence electrons. The first-order valence-corrected chi connectivity index (χ1v) is 9.48. The van der Waals surface area contributed by atoms with Crippen molar-refractivity contribution in [3.63, 3.8) is 0 Å². The number of thiazole rings is 1. The van der Waals surface area contributed by atoms with E-state index in [1.807, 2.05) is 0 Å². The summed E-state index contributed by atoms with van der Waals surface area (Å²) in [4.78, 5) is 30.3. The van der Waals surface area contributed by atoms with Crippen LogP contribution in [0.4, 0.5) is 5.13 Å².